The number of rotatable bonds is 8. The van der Waals surface area contributed by atoms with E-state index in [2.05, 4.69) is 33.0 Å². The first-order chi connectivity index (χ1) is 16.7. The first-order valence-corrected chi connectivity index (χ1v) is 13.3. The van der Waals surface area contributed by atoms with Gasteiger partial charge in [0.2, 0.25) is 0 Å². The fraction of sp³-hybridized carbons (Fsp3) is 0.120. The van der Waals surface area contributed by atoms with Crippen LogP contribution in [0.15, 0.2) is 88.4 Å². The van der Waals surface area contributed by atoms with Gasteiger partial charge in [-0.05, 0) is 42.0 Å². The average molecular weight is 505 g/mol. The van der Waals surface area contributed by atoms with Crippen molar-refractivity contribution in [1.29, 1.82) is 0 Å². The molecule has 0 bridgehead atoms. The van der Waals surface area contributed by atoms with Crippen molar-refractivity contribution in [1.82, 2.24) is 19.7 Å². The quantitative estimate of drug-likeness (QED) is 0.183. The lowest BCUT2D eigenvalue weighted by Crippen LogP contribution is -2.02. The zero-order chi connectivity index (χ0) is 23.3. The Kier molecular flexibility index (Phi) is 6.94. The third-order valence-electron chi connectivity index (χ3n) is 5.06. The molecule has 0 radical (unpaired) electrons. The fourth-order valence-corrected chi connectivity index (χ4v) is 6.27. The summed E-state index contributed by atoms with van der Waals surface area (Å²) in [6, 6.07) is 25.8. The maximum absolute atomic E-state index is 11.7. The molecule has 0 aliphatic rings. The Bertz CT molecular complexity index is 1380. The monoisotopic (exact) mass is 504 g/mol. The molecule has 0 N–H and O–H groups in total. The zero-order valence-electron chi connectivity index (χ0n) is 18.2. The van der Waals surface area contributed by atoms with E-state index < -0.39 is 0 Å². The standard InChI is InChI=1S/C25H20N4O2S3/c1-31-23(30)18-13-11-17(12-14-18)15-32-24-28-27-22(29(24)19-7-3-2-4-8-19)16-33-25-26-20-9-5-6-10-21(20)34-25/h2-14H,15-16H2,1H3. The van der Waals surface area contributed by atoms with E-state index in [-0.39, 0.29) is 5.97 Å². The second-order valence-corrected chi connectivity index (χ2v) is 10.5. The SMILES string of the molecule is COC(=O)c1ccc(CSc2nnc(CSc3nc4ccccc4s3)n2-c2ccccc2)cc1. The highest BCUT2D eigenvalue weighted by Gasteiger charge is 2.16. The van der Waals surface area contributed by atoms with Crippen molar-refractivity contribution >= 4 is 51.0 Å². The summed E-state index contributed by atoms with van der Waals surface area (Å²) in [7, 11) is 1.38. The van der Waals surface area contributed by atoms with Crippen LogP contribution in [-0.4, -0.2) is 32.8 Å². The number of hydrogen-bond acceptors (Lipinski definition) is 8. The average Bonchev–Trinajstić information content (AvgIpc) is 3.50. The summed E-state index contributed by atoms with van der Waals surface area (Å²) in [5.74, 6) is 1.91. The number of ether oxygens (including phenoxy) is 1. The Labute approximate surface area is 209 Å². The lowest BCUT2D eigenvalue weighted by molar-refractivity contribution is 0.0600. The highest BCUT2D eigenvalue weighted by molar-refractivity contribution is 8.00. The summed E-state index contributed by atoms with van der Waals surface area (Å²) in [4.78, 5) is 16.4. The Balaban J connectivity index is 1.35. The molecule has 0 aliphatic heterocycles. The summed E-state index contributed by atoms with van der Waals surface area (Å²) >= 11 is 4.98. The lowest BCUT2D eigenvalue weighted by Gasteiger charge is -2.10. The number of thioether (sulfide) groups is 2. The molecule has 0 unspecified atom stereocenters. The predicted molar refractivity (Wildman–Crippen MR) is 138 cm³/mol. The number of benzene rings is 3. The van der Waals surface area contributed by atoms with E-state index in [1.807, 2.05) is 48.5 Å². The van der Waals surface area contributed by atoms with E-state index in [0.29, 0.717) is 17.1 Å². The van der Waals surface area contributed by atoms with E-state index in [1.165, 1.54) is 11.8 Å². The molecule has 2 heterocycles. The first-order valence-electron chi connectivity index (χ1n) is 10.5. The Morgan fingerprint density at radius 1 is 0.912 bits per heavy atom. The second kappa shape index (κ2) is 10.4. The number of fused-ring (bicyclic) bond motifs is 1. The van der Waals surface area contributed by atoms with E-state index in [1.54, 1.807) is 47.0 Å². The minimum Gasteiger partial charge on any atom is -0.465 e. The Morgan fingerprint density at radius 3 is 2.44 bits per heavy atom. The van der Waals surface area contributed by atoms with Gasteiger partial charge in [-0.2, -0.15) is 0 Å². The van der Waals surface area contributed by atoms with Crippen molar-refractivity contribution in [3.05, 3.63) is 95.8 Å². The predicted octanol–water partition coefficient (Wildman–Crippen LogP) is 6.25. The van der Waals surface area contributed by atoms with Crippen LogP contribution >= 0.6 is 34.9 Å². The van der Waals surface area contributed by atoms with E-state index in [9.17, 15) is 4.79 Å². The smallest absolute Gasteiger partial charge is 0.337 e. The van der Waals surface area contributed by atoms with E-state index in [4.69, 9.17) is 9.72 Å². The minimum absolute atomic E-state index is 0.335. The molecule has 2 aromatic heterocycles. The van der Waals surface area contributed by atoms with Crippen LogP contribution in [0, 0.1) is 0 Å². The largest absolute Gasteiger partial charge is 0.465 e. The molecule has 9 heteroatoms. The molecule has 6 nitrogen and oxygen atoms in total. The van der Waals surface area contributed by atoms with Crippen molar-refractivity contribution in [3.63, 3.8) is 0 Å². The number of thiazole rings is 1. The summed E-state index contributed by atoms with van der Waals surface area (Å²) < 4.78 is 9.08. The lowest BCUT2D eigenvalue weighted by atomic mass is 10.1. The highest BCUT2D eigenvalue weighted by atomic mass is 32.2. The molecule has 0 saturated carbocycles. The van der Waals surface area contributed by atoms with Gasteiger partial charge >= 0.3 is 5.97 Å². The topological polar surface area (TPSA) is 69.9 Å². The number of methoxy groups -OCH3 is 1. The van der Waals surface area contributed by atoms with Gasteiger partial charge in [-0.25, -0.2) is 9.78 Å². The maximum atomic E-state index is 11.7. The number of para-hydroxylation sites is 2. The van der Waals surface area contributed by atoms with Crippen LogP contribution in [0.25, 0.3) is 15.9 Å². The molecule has 0 spiro atoms. The number of aromatic nitrogens is 4. The first kappa shape index (κ1) is 22.6. The molecule has 0 atom stereocenters. The summed E-state index contributed by atoms with van der Waals surface area (Å²) in [5.41, 5.74) is 3.67. The Hall–Kier alpha value is -3.14. The second-order valence-electron chi connectivity index (χ2n) is 7.28. The van der Waals surface area contributed by atoms with Gasteiger partial charge in [0.15, 0.2) is 9.50 Å². The van der Waals surface area contributed by atoms with Crippen molar-refractivity contribution in [3.8, 4) is 5.69 Å². The van der Waals surface area contributed by atoms with Crippen LogP contribution in [0.4, 0.5) is 0 Å². The maximum Gasteiger partial charge on any atom is 0.337 e. The molecular formula is C25H20N4O2S3. The van der Waals surface area contributed by atoms with Crippen LogP contribution in [0.5, 0.6) is 0 Å². The molecule has 3 aromatic carbocycles. The van der Waals surface area contributed by atoms with Crippen molar-refractivity contribution < 1.29 is 9.53 Å². The van der Waals surface area contributed by atoms with Gasteiger partial charge in [0.25, 0.3) is 0 Å². The van der Waals surface area contributed by atoms with Crippen LogP contribution in [0.2, 0.25) is 0 Å². The van der Waals surface area contributed by atoms with Crippen LogP contribution < -0.4 is 0 Å². The van der Waals surface area contributed by atoms with Gasteiger partial charge in [-0.1, -0.05) is 66.0 Å². The molecule has 5 aromatic rings. The molecule has 0 aliphatic carbocycles. The molecule has 170 valence electrons. The van der Waals surface area contributed by atoms with Crippen molar-refractivity contribution in [2.75, 3.05) is 7.11 Å². The number of carbonyl (C=O) groups excluding carboxylic acids is 1. The van der Waals surface area contributed by atoms with Crippen molar-refractivity contribution in [2.24, 2.45) is 0 Å². The zero-order valence-corrected chi connectivity index (χ0v) is 20.7. The normalized spacial score (nSPS) is 11.1. The van der Waals surface area contributed by atoms with E-state index >= 15 is 0 Å². The summed E-state index contributed by atoms with van der Waals surface area (Å²) in [6.07, 6.45) is 0. The van der Waals surface area contributed by atoms with Crippen LogP contribution in [0.1, 0.15) is 21.7 Å². The summed E-state index contributed by atoms with van der Waals surface area (Å²) in [6.45, 7) is 0. The van der Waals surface area contributed by atoms with Crippen molar-refractivity contribution in [2.45, 2.75) is 21.0 Å². The van der Waals surface area contributed by atoms with Gasteiger partial charge in [0, 0.05) is 11.4 Å². The van der Waals surface area contributed by atoms with Gasteiger partial charge in [-0.3, -0.25) is 4.57 Å². The molecular weight excluding hydrogens is 485 g/mol. The third kappa shape index (κ3) is 5.01. The van der Waals surface area contributed by atoms with Crippen LogP contribution in [-0.2, 0) is 16.2 Å². The van der Waals surface area contributed by atoms with Gasteiger partial charge in [0.05, 0.1) is 28.6 Å². The van der Waals surface area contributed by atoms with Gasteiger partial charge < -0.3 is 4.74 Å². The molecule has 34 heavy (non-hydrogen) atoms. The summed E-state index contributed by atoms with van der Waals surface area (Å²) in [5, 5.41) is 9.82. The van der Waals surface area contributed by atoms with Gasteiger partial charge in [-0.15, -0.1) is 21.5 Å². The Morgan fingerprint density at radius 2 is 1.68 bits per heavy atom. The number of hydrogen-bond donors (Lipinski definition) is 0. The third-order valence-corrected chi connectivity index (χ3v) is 8.23. The number of esters is 1. The molecule has 5 rings (SSSR count). The molecule has 0 fully saturated rings. The minimum atomic E-state index is -0.335. The number of nitrogens with zero attached hydrogens (tertiary/aromatic N) is 4. The van der Waals surface area contributed by atoms with Crippen LogP contribution in [0.3, 0.4) is 0 Å². The molecule has 0 saturated heterocycles. The fourth-order valence-electron chi connectivity index (χ4n) is 3.37. The molecule has 0 amide bonds. The van der Waals surface area contributed by atoms with Gasteiger partial charge in [0.1, 0.15) is 5.82 Å². The number of carbonyl (C=O) groups is 1. The van der Waals surface area contributed by atoms with E-state index in [0.717, 1.165) is 32.1 Å². The highest BCUT2D eigenvalue weighted by Crippen LogP contribution is 2.33.